The first-order valence-corrected chi connectivity index (χ1v) is 6.12. The molecule has 1 aromatic heterocycles. The molecule has 0 fully saturated rings. The summed E-state index contributed by atoms with van der Waals surface area (Å²) in [6.07, 6.45) is 1.63. The van der Waals surface area contributed by atoms with Crippen molar-refractivity contribution in [3.8, 4) is 0 Å². The Morgan fingerprint density at radius 1 is 1.26 bits per heavy atom. The highest BCUT2D eigenvalue weighted by molar-refractivity contribution is 6.05. The van der Waals surface area contributed by atoms with Gasteiger partial charge in [0, 0.05) is 25.5 Å². The van der Waals surface area contributed by atoms with Gasteiger partial charge in [0.2, 0.25) is 0 Å². The largest absolute Gasteiger partial charge is 0.326 e. The van der Waals surface area contributed by atoms with E-state index >= 15 is 0 Å². The average Bonchev–Trinajstić information content (AvgIpc) is 2.46. The normalized spacial score (nSPS) is 10.3. The summed E-state index contributed by atoms with van der Waals surface area (Å²) in [5.74, 6) is -0.112. The maximum Gasteiger partial charge on any atom is 0.276 e. The molecular formula is C15H17N3O. The Morgan fingerprint density at radius 3 is 2.53 bits per heavy atom. The van der Waals surface area contributed by atoms with Gasteiger partial charge < -0.3 is 10.6 Å². The minimum absolute atomic E-state index is 0.112. The van der Waals surface area contributed by atoms with Gasteiger partial charge >= 0.3 is 0 Å². The molecule has 1 amide bonds. The van der Waals surface area contributed by atoms with Crippen LogP contribution in [0.1, 0.15) is 21.6 Å². The van der Waals surface area contributed by atoms with Gasteiger partial charge in [-0.2, -0.15) is 0 Å². The van der Waals surface area contributed by atoms with Gasteiger partial charge in [-0.3, -0.25) is 9.78 Å². The lowest BCUT2D eigenvalue weighted by molar-refractivity contribution is 0.0987. The van der Waals surface area contributed by atoms with Crippen LogP contribution in [0, 0.1) is 6.92 Å². The van der Waals surface area contributed by atoms with Gasteiger partial charge in [-0.05, 0) is 36.2 Å². The van der Waals surface area contributed by atoms with Gasteiger partial charge in [-0.1, -0.05) is 18.2 Å². The van der Waals surface area contributed by atoms with Crippen LogP contribution in [0.4, 0.5) is 5.69 Å². The Labute approximate surface area is 112 Å². The first-order valence-electron chi connectivity index (χ1n) is 6.12. The molecule has 1 heterocycles. The minimum Gasteiger partial charge on any atom is -0.326 e. The van der Waals surface area contributed by atoms with E-state index in [4.69, 9.17) is 5.73 Å². The summed E-state index contributed by atoms with van der Waals surface area (Å²) in [7, 11) is 1.74. The molecule has 0 saturated carbocycles. The van der Waals surface area contributed by atoms with Gasteiger partial charge in [-0.25, -0.2) is 0 Å². The molecule has 2 rings (SSSR count). The van der Waals surface area contributed by atoms with E-state index in [0.29, 0.717) is 12.2 Å². The molecule has 0 saturated heterocycles. The van der Waals surface area contributed by atoms with Crippen LogP contribution in [0.25, 0.3) is 0 Å². The van der Waals surface area contributed by atoms with Crippen molar-refractivity contribution in [3.05, 3.63) is 59.4 Å². The minimum atomic E-state index is -0.112. The van der Waals surface area contributed by atoms with Crippen molar-refractivity contribution in [2.45, 2.75) is 13.5 Å². The third-order valence-corrected chi connectivity index (χ3v) is 3.08. The molecule has 0 radical (unpaired) electrons. The van der Waals surface area contributed by atoms with Gasteiger partial charge in [0.25, 0.3) is 5.91 Å². The van der Waals surface area contributed by atoms with Crippen molar-refractivity contribution < 1.29 is 4.79 Å². The fourth-order valence-corrected chi connectivity index (χ4v) is 1.84. The molecule has 0 atom stereocenters. The summed E-state index contributed by atoms with van der Waals surface area (Å²) in [6.45, 7) is 2.38. The molecule has 0 bridgehead atoms. The Kier molecular flexibility index (Phi) is 3.92. The molecular weight excluding hydrogens is 238 g/mol. The number of carbonyl (C=O) groups excluding carboxylic acids is 1. The topological polar surface area (TPSA) is 59.2 Å². The van der Waals surface area contributed by atoms with Crippen LogP contribution in [-0.4, -0.2) is 17.9 Å². The number of nitrogens with zero attached hydrogens (tertiary/aromatic N) is 2. The first-order chi connectivity index (χ1) is 9.13. The molecule has 0 aliphatic carbocycles. The Morgan fingerprint density at radius 2 is 1.95 bits per heavy atom. The second-order valence-electron chi connectivity index (χ2n) is 4.40. The quantitative estimate of drug-likeness (QED) is 0.914. The highest BCUT2D eigenvalue weighted by Gasteiger charge is 2.16. The molecule has 1 aromatic carbocycles. The van der Waals surface area contributed by atoms with E-state index < -0.39 is 0 Å². The predicted molar refractivity (Wildman–Crippen MR) is 76.0 cm³/mol. The van der Waals surface area contributed by atoms with Crippen LogP contribution in [0.3, 0.4) is 0 Å². The number of hydrogen-bond acceptors (Lipinski definition) is 3. The monoisotopic (exact) mass is 255 g/mol. The number of carbonyl (C=O) groups is 1. The Balaban J connectivity index is 2.26. The molecule has 0 aliphatic heterocycles. The molecule has 0 aliphatic rings. The molecule has 4 heteroatoms. The average molecular weight is 255 g/mol. The van der Waals surface area contributed by atoms with Crippen molar-refractivity contribution in [2.75, 3.05) is 11.9 Å². The number of pyridine rings is 1. The lowest BCUT2D eigenvalue weighted by Crippen LogP contribution is -2.27. The number of anilines is 1. The van der Waals surface area contributed by atoms with Crippen LogP contribution in [0.5, 0.6) is 0 Å². The van der Waals surface area contributed by atoms with Crippen LogP contribution >= 0.6 is 0 Å². The summed E-state index contributed by atoms with van der Waals surface area (Å²) in [5.41, 5.74) is 8.78. The smallest absolute Gasteiger partial charge is 0.276 e. The number of hydrogen-bond donors (Lipinski definition) is 1. The van der Waals surface area contributed by atoms with Gasteiger partial charge in [-0.15, -0.1) is 0 Å². The molecule has 98 valence electrons. The zero-order valence-electron chi connectivity index (χ0n) is 11.1. The van der Waals surface area contributed by atoms with Crippen LogP contribution < -0.4 is 10.6 Å². The van der Waals surface area contributed by atoms with E-state index in [-0.39, 0.29) is 5.91 Å². The fourth-order valence-electron chi connectivity index (χ4n) is 1.84. The fraction of sp³-hybridized carbons (Fsp3) is 0.200. The van der Waals surface area contributed by atoms with Gasteiger partial charge in [0.05, 0.1) is 0 Å². The standard InChI is InChI=1S/C15H17N3O/c1-11-4-3-9-17-14(11)15(19)18(2)13-7-5-12(10-16)6-8-13/h3-9H,10,16H2,1-2H3. The third kappa shape index (κ3) is 2.80. The number of rotatable bonds is 3. The van der Waals surface area contributed by atoms with E-state index in [1.165, 1.54) is 0 Å². The van der Waals surface area contributed by atoms with Crippen LogP contribution in [0.15, 0.2) is 42.6 Å². The molecule has 0 spiro atoms. The molecule has 2 aromatic rings. The van der Waals surface area contributed by atoms with Crippen LogP contribution in [-0.2, 0) is 6.54 Å². The van der Waals surface area contributed by atoms with E-state index in [9.17, 15) is 4.79 Å². The lowest BCUT2D eigenvalue weighted by Gasteiger charge is -2.18. The molecule has 2 N–H and O–H groups in total. The van der Waals surface area contributed by atoms with Crippen molar-refractivity contribution in [3.63, 3.8) is 0 Å². The van der Waals surface area contributed by atoms with E-state index in [0.717, 1.165) is 16.8 Å². The van der Waals surface area contributed by atoms with E-state index in [1.807, 2.05) is 43.3 Å². The molecule has 4 nitrogen and oxygen atoms in total. The summed E-state index contributed by atoms with van der Waals surface area (Å²) in [5, 5.41) is 0. The van der Waals surface area contributed by atoms with Gasteiger partial charge in [0.1, 0.15) is 5.69 Å². The Hall–Kier alpha value is -2.20. The number of amides is 1. The summed E-state index contributed by atoms with van der Waals surface area (Å²) in [4.78, 5) is 18.1. The van der Waals surface area contributed by atoms with E-state index in [1.54, 1.807) is 18.1 Å². The summed E-state index contributed by atoms with van der Waals surface area (Å²) in [6, 6.07) is 11.3. The number of nitrogens with two attached hydrogens (primary N) is 1. The number of aromatic nitrogens is 1. The highest BCUT2D eigenvalue weighted by Crippen LogP contribution is 2.17. The first kappa shape index (κ1) is 13.2. The maximum atomic E-state index is 12.4. The zero-order valence-corrected chi connectivity index (χ0v) is 11.1. The Bertz CT molecular complexity index is 578. The second kappa shape index (κ2) is 5.63. The molecule has 19 heavy (non-hydrogen) atoms. The van der Waals surface area contributed by atoms with Crippen molar-refractivity contribution >= 4 is 11.6 Å². The lowest BCUT2D eigenvalue weighted by atomic mass is 10.1. The number of benzene rings is 1. The van der Waals surface area contributed by atoms with Crippen molar-refractivity contribution in [1.29, 1.82) is 0 Å². The third-order valence-electron chi connectivity index (χ3n) is 3.08. The van der Waals surface area contributed by atoms with Crippen LogP contribution in [0.2, 0.25) is 0 Å². The number of aryl methyl sites for hydroxylation is 1. The van der Waals surface area contributed by atoms with E-state index in [2.05, 4.69) is 4.98 Å². The SMILES string of the molecule is Cc1cccnc1C(=O)N(C)c1ccc(CN)cc1. The molecule has 0 unspecified atom stereocenters. The zero-order chi connectivity index (χ0) is 13.8. The summed E-state index contributed by atoms with van der Waals surface area (Å²) < 4.78 is 0. The second-order valence-corrected chi connectivity index (χ2v) is 4.40. The van der Waals surface area contributed by atoms with Crippen molar-refractivity contribution in [2.24, 2.45) is 5.73 Å². The highest BCUT2D eigenvalue weighted by atomic mass is 16.2. The van der Waals surface area contributed by atoms with Gasteiger partial charge in [0.15, 0.2) is 0 Å². The maximum absolute atomic E-state index is 12.4. The van der Waals surface area contributed by atoms with Crippen molar-refractivity contribution in [1.82, 2.24) is 4.98 Å². The summed E-state index contributed by atoms with van der Waals surface area (Å²) >= 11 is 0. The predicted octanol–water partition coefficient (Wildman–Crippen LogP) is 2.13.